The summed E-state index contributed by atoms with van der Waals surface area (Å²) in [5.74, 6) is -8.55. The predicted molar refractivity (Wildman–Crippen MR) is 74.8 cm³/mol. The first-order valence-electron chi connectivity index (χ1n) is 8.85. The fourth-order valence-electron chi connectivity index (χ4n) is 6.87. The Morgan fingerprint density at radius 3 is 1.78 bits per heavy atom. The lowest BCUT2D eigenvalue weighted by Gasteiger charge is -2.75. The third-order valence-electron chi connectivity index (χ3n) is 7.69. The van der Waals surface area contributed by atoms with Crippen molar-refractivity contribution in [1.82, 2.24) is 0 Å². The van der Waals surface area contributed by atoms with Crippen LogP contribution in [0, 0.1) is 23.7 Å². The van der Waals surface area contributed by atoms with Gasteiger partial charge in [0.25, 0.3) is 0 Å². The van der Waals surface area contributed by atoms with E-state index in [-0.39, 0.29) is 12.8 Å². The van der Waals surface area contributed by atoms with Crippen molar-refractivity contribution in [2.75, 3.05) is 0 Å². The first-order chi connectivity index (χ1) is 10.8. The predicted octanol–water partition coefficient (Wildman–Crippen LogP) is 4.80. The fourth-order valence-corrected chi connectivity index (χ4v) is 6.87. The Morgan fingerprint density at radius 1 is 0.696 bits per heavy atom. The number of alkyl halides is 4. The normalized spacial score (nSPS) is 63.4. The van der Waals surface area contributed by atoms with E-state index in [2.05, 4.69) is 4.99 Å². The van der Waals surface area contributed by atoms with Gasteiger partial charge in [0.15, 0.2) is 5.67 Å². The van der Waals surface area contributed by atoms with Crippen LogP contribution in [-0.2, 0) is 0 Å². The maximum Gasteiger partial charge on any atom is 0.243 e. The molecule has 0 unspecified atom stereocenters. The lowest BCUT2D eigenvalue weighted by Crippen LogP contribution is -2.93. The van der Waals surface area contributed by atoms with E-state index in [1.165, 1.54) is 0 Å². The maximum absolute atomic E-state index is 15.9. The van der Waals surface area contributed by atoms with Gasteiger partial charge in [-0.3, -0.25) is 0 Å². The minimum absolute atomic E-state index is 0.203. The number of halogens is 5. The van der Waals surface area contributed by atoms with Crippen molar-refractivity contribution in [3.63, 3.8) is 0 Å². The van der Waals surface area contributed by atoms with Crippen molar-refractivity contribution in [3.05, 3.63) is 0 Å². The summed E-state index contributed by atoms with van der Waals surface area (Å²) in [6.45, 7) is 0. The summed E-state index contributed by atoms with van der Waals surface area (Å²) >= 11 is 0. The first-order valence-corrected chi connectivity index (χ1v) is 8.85. The Bertz CT molecular complexity index is 610. The van der Waals surface area contributed by atoms with Crippen molar-refractivity contribution in [2.24, 2.45) is 28.7 Å². The molecule has 6 rings (SSSR count). The molecule has 4 aliphatic carbocycles. The van der Waals surface area contributed by atoms with Gasteiger partial charge in [-0.25, -0.2) is 22.6 Å². The van der Waals surface area contributed by atoms with Gasteiger partial charge in [0, 0.05) is 23.7 Å². The monoisotopic (exact) mass is 333 g/mol. The Balaban J connectivity index is 1.77. The van der Waals surface area contributed by atoms with Gasteiger partial charge < -0.3 is 0 Å². The highest BCUT2D eigenvalue weighted by atomic mass is 19.2. The quantitative estimate of drug-likeness (QED) is 0.446. The van der Waals surface area contributed by atoms with Crippen molar-refractivity contribution >= 4 is 5.97 Å². The zero-order valence-electron chi connectivity index (χ0n) is 12.8. The van der Waals surface area contributed by atoms with Crippen LogP contribution in [0.25, 0.3) is 0 Å². The lowest BCUT2D eigenvalue weighted by atomic mass is 9.34. The van der Waals surface area contributed by atoms with Gasteiger partial charge in [-0.05, 0) is 25.7 Å². The molecule has 2 bridgehead atoms. The molecule has 8 atom stereocenters. The Morgan fingerprint density at radius 2 is 1.17 bits per heavy atom. The summed E-state index contributed by atoms with van der Waals surface area (Å²) in [5.41, 5.74) is -9.18. The first kappa shape index (κ1) is 14.6. The summed E-state index contributed by atoms with van der Waals surface area (Å²) in [4.78, 5) is 3.22. The highest BCUT2D eigenvalue weighted by Gasteiger charge is 2.96. The molecule has 0 radical (unpaired) electrons. The second-order valence-electron chi connectivity index (χ2n) is 8.21. The molecular formula is C17H20F5N. The number of fused-ring (bicyclic) bond motifs is 1. The summed E-state index contributed by atoms with van der Waals surface area (Å²) in [5, 5.41) is 0. The summed E-state index contributed by atoms with van der Waals surface area (Å²) in [6, 6.07) is 0. The number of aliphatic imine (C=N–C) groups is 1. The standard InChI is InChI=1S/C17H20F5N/c18-13-14(19)9-5-1-4-8-12(9)17(22,23-13)16(21)11-7-3-2-6-10(11)15(14,16)20/h9-12H,1-8H2/t9-,10+,11-,12+,14-,15+,16+,17+/m0/s1. The van der Waals surface area contributed by atoms with E-state index in [0.717, 1.165) is 0 Å². The molecule has 4 fully saturated rings. The average Bonchev–Trinajstić information content (AvgIpc) is 2.57. The van der Waals surface area contributed by atoms with Crippen LogP contribution in [0.5, 0.6) is 0 Å². The van der Waals surface area contributed by atoms with Crippen LogP contribution in [0.4, 0.5) is 22.0 Å². The van der Waals surface area contributed by atoms with Crippen LogP contribution < -0.4 is 0 Å². The molecule has 1 nitrogen and oxygen atoms in total. The smallest absolute Gasteiger partial charge is 0.236 e. The van der Waals surface area contributed by atoms with Gasteiger partial charge in [-0.2, -0.15) is 4.39 Å². The summed E-state index contributed by atoms with van der Waals surface area (Å²) < 4.78 is 77.9. The van der Waals surface area contributed by atoms with E-state index in [9.17, 15) is 4.39 Å². The summed E-state index contributed by atoms with van der Waals surface area (Å²) in [6.07, 6.45) is 3.66. The number of hydrogen-bond acceptors (Lipinski definition) is 1. The van der Waals surface area contributed by atoms with Gasteiger partial charge in [0.1, 0.15) is 0 Å². The van der Waals surface area contributed by atoms with Crippen LogP contribution in [0.2, 0.25) is 0 Å². The largest absolute Gasteiger partial charge is 0.243 e. The number of hydrogen-bond donors (Lipinski definition) is 0. The second kappa shape index (κ2) is 3.93. The third-order valence-corrected chi connectivity index (χ3v) is 7.69. The zero-order chi connectivity index (χ0) is 16.3. The fraction of sp³-hybridized carbons (Fsp3) is 0.941. The number of nitrogens with zero attached hydrogens (tertiary/aromatic N) is 1. The van der Waals surface area contributed by atoms with E-state index in [4.69, 9.17) is 0 Å². The van der Waals surface area contributed by atoms with Gasteiger partial charge in [-0.15, -0.1) is 0 Å². The van der Waals surface area contributed by atoms with Crippen molar-refractivity contribution in [1.29, 1.82) is 0 Å². The zero-order valence-corrected chi connectivity index (χ0v) is 12.8. The van der Waals surface area contributed by atoms with Crippen molar-refractivity contribution < 1.29 is 22.0 Å². The highest BCUT2D eigenvalue weighted by molar-refractivity contribution is 5.90. The molecule has 128 valence electrons. The Kier molecular flexibility index (Phi) is 2.50. The van der Waals surface area contributed by atoms with Gasteiger partial charge >= 0.3 is 0 Å². The molecule has 0 spiro atoms. The molecule has 23 heavy (non-hydrogen) atoms. The topological polar surface area (TPSA) is 12.4 Å². The molecule has 2 heterocycles. The molecule has 0 saturated heterocycles. The van der Waals surface area contributed by atoms with Crippen LogP contribution in [0.15, 0.2) is 4.99 Å². The van der Waals surface area contributed by atoms with E-state index in [1.807, 2.05) is 0 Å². The second-order valence-corrected chi connectivity index (χ2v) is 8.21. The molecule has 6 heteroatoms. The molecule has 0 aromatic rings. The van der Waals surface area contributed by atoms with Crippen LogP contribution >= 0.6 is 0 Å². The van der Waals surface area contributed by atoms with Crippen LogP contribution in [0.3, 0.4) is 0 Å². The Labute approximate surface area is 131 Å². The lowest BCUT2D eigenvalue weighted by molar-refractivity contribution is -0.383. The SMILES string of the molecule is FC1=N[C@]2(F)[C@@H]3CCCC[C@@H]3[C@@]1(F)[C@]1(F)[C@@H]3CCCC[C@@H]3[C@@]12F. The molecule has 2 aliphatic heterocycles. The highest BCUT2D eigenvalue weighted by Crippen LogP contribution is 2.80. The van der Waals surface area contributed by atoms with E-state index < -0.39 is 52.4 Å². The van der Waals surface area contributed by atoms with Crippen LogP contribution in [-0.4, -0.2) is 28.8 Å². The van der Waals surface area contributed by atoms with Crippen LogP contribution in [0.1, 0.15) is 51.4 Å². The van der Waals surface area contributed by atoms with E-state index in [1.54, 1.807) is 0 Å². The minimum Gasteiger partial charge on any atom is -0.236 e. The van der Waals surface area contributed by atoms with Gasteiger partial charge in [0.05, 0.1) is 0 Å². The molecule has 6 aliphatic rings. The third kappa shape index (κ3) is 1.15. The van der Waals surface area contributed by atoms with Crippen molar-refractivity contribution in [3.8, 4) is 0 Å². The summed E-state index contributed by atoms with van der Waals surface area (Å²) in [7, 11) is 0. The molecule has 4 saturated carbocycles. The van der Waals surface area contributed by atoms with E-state index in [0.29, 0.717) is 38.5 Å². The minimum atomic E-state index is -3.09. The van der Waals surface area contributed by atoms with Gasteiger partial charge in [-0.1, -0.05) is 25.7 Å². The maximum atomic E-state index is 15.9. The molecule has 0 aromatic carbocycles. The average molecular weight is 333 g/mol. The molecule has 0 aromatic heterocycles. The van der Waals surface area contributed by atoms with E-state index >= 15 is 17.6 Å². The molecular weight excluding hydrogens is 313 g/mol. The molecule has 0 amide bonds. The molecule has 0 N–H and O–H groups in total. The number of rotatable bonds is 0. The Hall–Kier alpha value is -0.680. The van der Waals surface area contributed by atoms with Gasteiger partial charge in [0.2, 0.25) is 23.1 Å². The van der Waals surface area contributed by atoms with Crippen molar-refractivity contribution in [2.45, 2.75) is 74.2 Å².